The van der Waals surface area contributed by atoms with E-state index >= 15 is 0 Å². The van der Waals surface area contributed by atoms with Crippen molar-refractivity contribution >= 4 is 23.0 Å². The molecule has 1 aromatic carbocycles. The first-order valence-electron chi connectivity index (χ1n) is 8.30. The molecule has 0 aliphatic rings. The van der Waals surface area contributed by atoms with Gasteiger partial charge in [-0.25, -0.2) is 0 Å². The van der Waals surface area contributed by atoms with Gasteiger partial charge < -0.3 is 19.9 Å². The number of aliphatic hydroxyl groups is 1. The summed E-state index contributed by atoms with van der Waals surface area (Å²) >= 11 is 1.37. The maximum Gasteiger partial charge on any atom is 0.220 e. The number of hydrogen-bond acceptors (Lipinski definition) is 6. The number of hydrogen-bond donors (Lipinski definition) is 2. The molecule has 0 spiro atoms. The summed E-state index contributed by atoms with van der Waals surface area (Å²) in [7, 11) is 1.61. The fourth-order valence-corrected chi connectivity index (χ4v) is 2.90. The SMILES string of the molecule is COc1ccc(COCC(O)CNC(=O)CCC(=O)c2cccs2)cc1. The van der Waals surface area contributed by atoms with Crippen molar-refractivity contribution in [1.82, 2.24) is 5.32 Å². The summed E-state index contributed by atoms with van der Waals surface area (Å²) in [6, 6.07) is 11.0. The van der Waals surface area contributed by atoms with Crippen LogP contribution in [-0.2, 0) is 16.1 Å². The zero-order valence-electron chi connectivity index (χ0n) is 14.6. The van der Waals surface area contributed by atoms with Gasteiger partial charge in [-0.2, -0.15) is 0 Å². The van der Waals surface area contributed by atoms with E-state index in [2.05, 4.69) is 5.32 Å². The Hall–Kier alpha value is -2.22. The van der Waals surface area contributed by atoms with Gasteiger partial charge in [0.25, 0.3) is 0 Å². The molecule has 0 saturated heterocycles. The number of ketones is 1. The predicted molar refractivity (Wildman–Crippen MR) is 99.6 cm³/mol. The predicted octanol–water partition coefficient (Wildman–Crippen LogP) is 2.41. The van der Waals surface area contributed by atoms with E-state index in [0.29, 0.717) is 11.5 Å². The number of carbonyl (C=O) groups excluding carboxylic acids is 2. The fourth-order valence-electron chi connectivity index (χ4n) is 2.20. The molecule has 1 unspecified atom stereocenters. The summed E-state index contributed by atoms with van der Waals surface area (Å²) in [4.78, 5) is 24.2. The van der Waals surface area contributed by atoms with Crippen LogP contribution >= 0.6 is 11.3 Å². The van der Waals surface area contributed by atoms with Crippen LogP contribution in [0.25, 0.3) is 0 Å². The molecule has 6 nitrogen and oxygen atoms in total. The lowest BCUT2D eigenvalue weighted by molar-refractivity contribution is -0.121. The summed E-state index contributed by atoms with van der Waals surface area (Å²) in [6.07, 6.45) is -0.530. The summed E-state index contributed by atoms with van der Waals surface area (Å²) in [5, 5.41) is 14.3. The first kappa shape index (κ1) is 20.1. The van der Waals surface area contributed by atoms with Gasteiger partial charge in [-0.3, -0.25) is 9.59 Å². The quantitative estimate of drug-likeness (QED) is 0.588. The Bertz CT molecular complexity index is 684. The van der Waals surface area contributed by atoms with Gasteiger partial charge in [0, 0.05) is 19.4 Å². The highest BCUT2D eigenvalue weighted by Gasteiger charge is 2.11. The van der Waals surface area contributed by atoms with Crippen molar-refractivity contribution in [2.24, 2.45) is 0 Å². The minimum Gasteiger partial charge on any atom is -0.497 e. The van der Waals surface area contributed by atoms with Crippen LogP contribution in [0.15, 0.2) is 41.8 Å². The van der Waals surface area contributed by atoms with Gasteiger partial charge >= 0.3 is 0 Å². The molecule has 1 atom stereocenters. The Balaban J connectivity index is 1.58. The van der Waals surface area contributed by atoms with Gasteiger partial charge in [0.15, 0.2) is 5.78 Å². The van der Waals surface area contributed by atoms with Crippen molar-refractivity contribution < 1.29 is 24.2 Å². The molecular formula is C19H23NO5S. The molecular weight excluding hydrogens is 354 g/mol. The first-order valence-corrected chi connectivity index (χ1v) is 9.18. The van der Waals surface area contributed by atoms with Crippen LogP contribution in [0, 0.1) is 0 Å². The van der Waals surface area contributed by atoms with Gasteiger partial charge in [0.05, 0.1) is 31.3 Å². The molecule has 26 heavy (non-hydrogen) atoms. The van der Waals surface area contributed by atoms with Crippen molar-refractivity contribution in [3.05, 3.63) is 52.2 Å². The average Bonchev–Trinajstić information content (AvgIpc) is 3.20. The Kier molecular flexibility index (Phi) is 8.27. The minimum atomic E-state index is -0.801. The second-order valence-corrected chi connectivity index (χ2v) is 6.67. The lowest BCUT2D eigenvalue weighted by atomic mass is 10.2. The van der Waals surface area contributed by atoms with E-state index in [1.807, 2.05) is 29.6 Å². The average molecular weight is 377 g/mol. The molecule has 0 bridgehead atoms. The van der Waals surface area contributed by atoms with E-state index < -0.39 is 6.10 Å². The number of aliphatic hydroxyl groups excluding tert-OH is 1. The molecule has 0 aliphatic carbocycles. The molecule has 140 valence electrons. The molecule has 1 aromatic heterocycles. The van der Waals surface area contributed by atoms with Gasteiger partial charge in [0.1, 0.15) is 5.75 Å². The standard InChI is InChI=1S/C19H23NO5S/c1-24-16-6-4-14(5-7-16)12-25-13-15(21)11-20-19(23)9-8-17(22)18-3-2-10-26-18/h2-7,10,15,21H,8-9,11-13H2,1H3,(H,20,23). The lowest BCUT2D eigenvalue weighted by Crippen LogP contribution is -2.34. The monoisotopic (exact) mass is 377 g/mol. The number of thiophene rings is 1. The molecule has 0 radical (unpaired) electrons. The van der Waals surface area contributed by atoms with Crippen molar-refractivity contribution in [1.29, 1.82) is 0 Å². The Morgan fingerprint density at radius 3 is 2.62 bits per heavy atom. The van der Waals surface area contributed by atoms with E-state index in [1.165, 1.54) is 11.3 Å². The first-order chi connectivity index (χ1) is 12.6. The van der Waals surface area contributed by atoms with E-state index in [1.54, 1.807) is 19.2 Å². The van der Waals surface area contributed by atoms with E-state index in [9.17, 15) is 14.7 Å². The maximum atomic E-state index is 11.8. The molecule has 0 fully saturated rings. The van der Waals surface area contributed by atoms with Gasteiger partial charge in [0.2, 0.25) is 5.91 Å². The Morgan fingerprint density at radius 2 is 1.96 bits per heavy atom. The third-order valence-electron chi connectivity index (χ3n) is 3.65. The highest BCUT2D eigenvalue weighted by atomic mass is 32.1. The Labute approximate surface area is 156 Å². The van der Waals surface area contributed by atoms with E-state index in [4.69, 9.17) is 9.47 Å². The highest BCUT2D eigenvalue weighted by molar-refractivity contribution is 7.12. The zero-order valence-corrected chi connectivity index (χ0v) is 15.5. The van der Waals surface area contributed by atoms with Crippen LogP contribution in [0.1, 0.15) is 28.1 Å². The van der Waals surface area contributed by atoms with E-state index in [-0.39, 0.29) is 37.7 Å². The van der Waals surface area contributed by atoms with Crippen molar-refractivity contribution in [3.8, 4) is 5.75 Å². The topological polar surface area (TPSA) is 84.9 Å². The largest absolute Gasteiger partial charge is 0.497 e. The minimum absolute atomic E-state index is 0.0430. The number of Topliss-reactive ketones (excluding diaryl/α,β-unsaturated/α-hetero) is 1. The fraction of sp³-hybridized carbons (Fsp3) is 0.368. The smallest absolute Gasteiger partial charge is 0.220 e. The summed E-state index contributed by atoms with van der Waals surface area (Å²) in [6.45, 7) is 0.569. The highest BCUT2D eigenvalue weighted by Crippen LogP contribution is 2.13. The summed E-state index contributed by atoms with van der Waals surface area (Å²) < 4.78 is 10.5. The molecule has 1 heterocycles. The molecule has 0 saturated carbocycles. The lowest BCUT2D eigenvalue weighted by Gasteiger charge is -2.12. The van der Waals surface area contributed by atoms with Crippen LogP contribution in [0.2, 0.25) is 0 Å². The van der Waals surface area contributed by atoms with Crippen molar-refractivity contribution in [2.45, 2.75) is 25.6 Å². The van der Waals surface area contributed by atoms with Crippen molar-refractivity contribution in [2.75, 3.05) is 20.3 Å². The second-order valence-electron chi connectivity index (χ2n) is 5.72. The summed E-state index contributed by atoms with van der Waals surface area (Å²) in [5.41, 5.74) is 0.967. The van der Waals surface area contributed by atoms with Crippen LogP contribution in [-0.4, -0.2) is 43.2 Å². The van der Waals surface area contributed by atoms with Gasteiger partial charge in [-0.05, 0) is 29.1 Å². The molecule has 0 aliphatic heterocycles. The number of carbonyl (C=O) groups is 2. The van der Waals surface area contributed by atoms with Crippen LogP contribution in [0.5, 0.6) is 5.75 Å². The molecule has 2 N–H and O–H groups in total. The normalized spacial score (nSPS) is 11.8. The van der Waals surface area contributed by atoms with Crippen LogP contribution in [0.3, 0.4) is 0 Å². The van der Waals surface area contributed by atoms with E-state index in [0.717, 1.165) is 11.3 Å². The number of ether oxygens (including phenoxy) is 2. The molecule has 7 heteroatoms. The number of nitrogens with one attached hydrogen (secondary N) is 1. The number of rotatable bonds is 11. The number of methoxy groups -OCH3 is 1. The zero-order chi connectivity index (χ0) is 18.8. The third-order valence-corrected chi connectivity index (χ3v) is 4.56. The second kappa shape index (κ2) is 10.7. The third kappa shape index (κ3) is 6.95. The van der Waals surface area contributed by atoms with Crippen LogP contribution < -0.4 is 10.1 Å². The maximum absolute atomic E-state index is 11.8. The number of benzene rings is 1. The molecule has 2 aromatic rings. The number of amides is 1. The molecule has 2 rings (SSSR count). The van der Waals surface area contributed by atoms with Gasteiger partial charge in [-0.15, -0.1) is 11.3 Å². The van der Waals surface area contributed by atoms with Gasteiger partial charge in [-0.1, -0.05) is 18.2 Å². The van der Waals surface area contributed by atoms with Crippen LogP contribution in [0.4, 0.5) is 0 Å². The van der Waals surface area contributed by atoms with Crippen molar-refractivity contribution in [3.63, 3.8) is 0 Å². The molecule has 1 amide bonds. The summed E-state index contributed by atoms with van der Waals surface area (Å²) in [5.74, 6) is 0.469. The Morgan fingerprint density at radius 1 is 1.19 bits per heavy atom.